The van der Waals surface area contributed by atoms with Gasteiger partial charge in [-0.05, 0) is 24.0 Å². The van der Waals surface area contributed by atoms with E-state index in [0.29, 0.717) is 0 Å². The van der Waals surface area contributed by atoms with Gasteiger partial charge in [0.05, 0.1) is 13.2 Å². The molecule has 0 N–H and O–H groups in total. The van der Waals surface area contributed by atoms with Crippen LogP contribution in [0, 0.1) is 0 Å². The van der Waals surface area contributed by atoms with Crippen LogP contribution in [0.5, 0.6) is 0 Å². The SMILES string of the molecule is C=C/C=C1/CCOC/C1=C/CC.CC.CC. The van der Waals surface area contributed by atoms with Crippen LogP contribution in [0.25, 0.3) is 0 Å². The Bertz CT molecular complexity index is 211. The summed E-state index contributed by atoms with van der Waals surface area (Å²) in [5.74, 6) is 0. The van der Waals surface area contributed by atoms with Crippen molar-refractivity contribution in [3.05, 3.63) is 36.0 Å². The molecular formula is C15H28O. The van der Waals surface area contributed by atoms with Crippen molar-refractivity contribution in [2.75, 3.05) is 13.2 Å². The lowest BCUT2D eigenvalue weighted by molar-refractivity contribution is 0.145. The molecule has 1 heteroatoms. The molecule has 0 bridgehead atoms. The van der Waals surface area contributed by atoms with Crippen molar-refractivity contribution in [1.29, 1.82) is 0 Å². The molecule has 94 valence electrons. The lowest BCUT2D eigenvalue weighted by Crippen LogP contribution is -2.10. The summed E-state index contributed by atoms with van der Waals surface area (Å²) >= 11 is 0. The van der Waals surface area contributed by atoms with Crippen molar-refractivity contribution in [2.45, 2.75) is 47.5 Å². The van der Waals surface area contributed by atoms with Crippen LogP contribution < -0.4 is 0 Å². The van der Waals surface area contributed by atoms with Crippen LogP contribution in [-0.2, 0) is 4.74 Å². The van der Waals surface area contributed by atoms with Crippen molar-refractivity contribution < 1.29 is 4.74 Å². The average Bonchev–Trinajstić information content (AvgIpc) is 2.37. The van der Waals surface area contributed by atoms with Gasteiger partial charge in [-0.2, -0.15) is 0 Å². The maximum absolute atomic E-state index is 5.37. The molecule has 1 rings (SSSR count). The monoisotopic (exact) mass is 224 g/mol. The minimum atomic E-state index is 0.771. The molecule has 1 aliphatic rings. The number of hydrogen-bond donors (Lipinski definition) is 0. The van der Waals surface area contributed by atoms with Crippen LogP contribution in [0.4, 0.5) is 0 Å². The maximum Gasteiger partial charge on any atom is 0.0716 e. The second-order valence-corrected chi connectivity index (χ2v) is 2.87. The van der Waals surface area contributed by atoms with E-state index in [-0.39, 0.29) is 0 Å². The molecule has 0 atom stereocenters. The van der Waals surface area contributed by atoms with E-state index in [9.17, 15) is 0 Å². The molecule has 0 spiro atoms. The molecule has 1 fully saturated rings. The zero-order valence-corrected chi connectivity index (χ0v) is 11.7. The van der Waals surface area contributed by atoms with Crippen molar-refractivity contribution >= 4 is 0 Å². The van der Waals surface area contributed by atoms with Gasteiger partial charge in [0.25, 0.3) is 0 Å². The van der Waals surface area contributed by atoms with Gasteiger partial charge in [-0.3, -0.25) is 0 Å². The van der Waals surface area contributed by atoms with Crippen LogP contribution in [-0.4, -0.2) is 13.2 Å². The summed E-state index contributed by atoms with van der Waals surface area (Å²) in [7, 11) is 0. The van der Waals surface area contributed by atoms with Gasteiger partial charge >= 0.3 is 0 Å². The molecule has 0 aromatic carbocycles. The number of ether oxygens (including phenoxy) is 1. The van der Waals surface area contributed by atoms with E-state index in [1.807, 2.05) is 33.8 Å². The predicted octanol–water partition coefficient (Wildman–Crippen LogP) is 4.91. The Kier molecular flexibility index (Phi) is 15.6. The van der Waals surface area contributed by atoms with Crippen molar-refractivity contribution in [2.24, 2.45) is 0 Å². The van der Waals surface area contributed by atoms with Gasteiger partial charge in [0.15, 0.2) is 0 Å². The van der Waals surface area contributed by atoms with Gasteiger partial charge in [-0.1, -0.05) is 59.4 Å². The number of allylic oxidation sites excluding steroid dienone is 3. The van der Waals surface area contributed by atoms with E-state index in [4.69, 9.17) is 4.74 Å². The van der Waals surface area contributed by atoms with Crippen molar-refractivity contribution in [1.82, 2.24) is 0 Å². The molecule has 1 nitrogen and oxygen atoms in total. The van der Waals surface area contributed by atoms with E-state index in [2.05, 4.69) is 25.7 Å². The lowest BCUT2D eigenvalue weighted by Gasteiger charge is -2.18. The summed E-state index contributed by atoms with van der Waals surface area (Å²) in [6.45, 7) is 15.5. The molecule has 1 aliphatic heterocycles. The first kappa shape index (κ1) is 17.6. The number of rotatable bonds is 2. The summed E-state index contributed by atoms with van der Waals surface area (Å²) in [5.41, 5.74) is 2.72. The van der Waals surface area contributed by atoms with Crippen molar-refractivity contribution in [3.8, 4) is 0 Å². The fraction of sp³-hybridized carbons (Fsp3) is 0.600. The normalized spacial score (nSPS) is 19.3. The fourth-order valence-corrected chi connectivity index (χ4v) is 1.39. The van der Waals surface area contributed by atoms with E-state index >= 15 is 0 Å². The van der Waals surface area contributed by atoms with Gasteiger partial charge < -0.3 is 4.74 Å². The Balaban J connectivity index is 0. The second kappa shape index (κ2) is 14.2. The quantitative estimate of drug-likeness (QED) is 0.647. The van der Waals surface area contributed by atoms with Crippen LogP contribution in [0.15, 0.2) is 36.0 Å². The highest BCUT2D eigenvalue weighted by atomic mass is 16.5. The average molecular weight is 224 g/mol. The van der Waals surface area contributed by atoms with Gasteiger partial charge in [0.1, 0.15) is 0 Å². The molecule has 16 heavy (non-hydrogen) atoms. The van der Waals surface area contributed by atoms with Gasteiger partial charge in [0, 0.05) is 0 Å². The van der Waals surface area contributed by atoms with Gasteiger partial charge in [-0.25, -0.2) is 0 Å². The summed E-state index contributed by atoms with van der Waals surface area (Å²) in [6.07, 6.45) is 8.27. The molecule has 0 aliphatic carbocycles. The van der Waals surface area contributed by atoms with E-state index in [1.54, 1.807) is 0 Å². The van der Waals surface area contributed by atoms with Crippen molar-refractivity contribution in [3.63, 3.8) is 0 Å². The minimum absolute atomic E-state index is 0.771. The zero-order valence-electron chi connectivity index (χ0n) is 11.7. The summed E-state index contributed by atoms with van der Waals surface area (Å²) in [5, 5.41) is 0. The standard InChI is InChI=1S/C11H16O.2C2H6/c1-3-5-10-7-8-12-9-11(10)6-4-2;2*1-2/h3,5-6H,1,4,7-9H2,2H3;2*1-2H3/b10-5-,11-6-;;. The predicted molar refractivity (Wildman–Crippen MR) is 74.8 cm³/mol. The first-order valence-electron chi connectivity index (χ1n) is 6.47. The first-order chi connectivity index (χ1) is 7.88. The first-order valence-corrected chi connectivity index (χ1v) is 6.47. The topological polar surface area (TPSA) is 9.23 Å². The molecular weight excluding hydrogens is 196 g/mol. The molecule has 0 radical (unpaired) electrons. The molecule has 0 aromatic rings. The highest BCUT2D eigenvalue weighted by Crippen LogP contribution is 2.20. The zero-order chi connectivity index (χ0) is 12.8. The highest BCUT2D eigenvalue weighted by Gasteiger charge is 2.09. The number of hydrogen-bond acceptors (Lipinski definition) is 1. The third-order valence-electron chi connectivity index (χ3n) is 1.96. The van der Waals surface area contributed by atoms with Gasteiger partial charge in [0.2, 0.25) is 0 Å². The minimum Gasteiger partial charge on any atom is -0.376 e. The summed E-state index contributed by atoms with van der Waals surface area (Å²) in [6, 6.07) is 0. The van der Waals surface area contributed by atoms with Crippen LogP contribution in [0.3, 0.4) is 0 Å². The summed E-state index contributed by atoms with van der Waals surface area (Å²) < 4.78 is 5.37. The Morgan fingerprint density at radius 1 is 1.19 bits per heavy atom. The van der Waals surface area contributed by atoms with Crippen LogP contribution in [0.2, 0.25) is 0 Å². The third-order valence-corrected chi connectivity index (χ3v) is 1.96. The van der Waals surface area contributed by atoms with E-state index < -0.39 is 0 Å². The molecule has 1 saturated heterocycles. The maximum atomic E-state index is 5.37. The Labute approximate surface area is 102 Å². The summed E-state index contributed by atoms with van der Waals surface area (Å²) in [4.78, 5) is 0. The fourth-order valence-electron chi connectivity index (χ4n) is 1.39. The highest BCUT2D eigenvalue weighted by molar-refractivity contribution is 5.35. The Hall–Kier alpha value is -0.820. The largest absolute Gasteiger partial charge is 0.376 e. The molecule has 0 amide bonds. The molecule has 1 heterocycles. The van der Waals surface area contributed by atoms with E-state index in [1.165, 1.54) is 11.1 Å². The second-order valence-electron chi connectivity index (χ2n) is 2.87. The molecule has 0 unspecified atom stereocenters. The Morgan fingerprint density at radius 2 is 1.81 bits per heavy atom. The molecule has 0 aromatic heterocycles. The Morgan fingerprint density at radius 3 is 2.31 bits per heavy atom. The third kappa shape index (κ3) is 7.47. The smallest absolute Gasteiger partial charge is 0.0716 e. The van der Waals surface area contributed by atoms with Crippen LogP contribution in [0.1, 0.15) is 47.5 Å². The van der Waals surface area contributed by atoms with Gasteiger partial charge in [-0.15, -0.1) is 0 Å². The van der Waals surface area contributed by atoms with E-state index in [0.717, 1.165) is 26.1 Å². The molecule has 0 saturated carbocycles. The lowest BCUT2D eigenvalue weighted by atomic mass is 10.0. The van der Waals surface area contributed by atoms with Crippen LogP contribution >= 0.6 is 0 Å².